The van der Waals surface area contributed by atoms with Crippen LogP contribution in [0.1, 0.15) is 47.3 Å². The van der Waals surface area contributed by atoms with E-state index in [-0.39, 0.29) is 5.78 Å². The maximum atomic E-state index is 12.1. The third-order valence-electron chi connectivity index (χ3n) is 4.51. The molecule has 1 aromatic carbocycles. The van der Waals surface area contributed by atoms with E-state index in [1.54, 1.807) is 0 Å². The van der Waals surface area contributed by atoms with Crippen LogP contribution in [0.5, 0.6) is 0 Å². The number of hydrogen-bond acceptors (Lipinski definition) is 3. The van der Waals surface area contributed by atoms with Crippen LogP contribution in [0.15, 0.2) is 18.2 Å². The minimum Gasteiger partial charge on any atom is -0.377 e. The summed E-state index contributed by atoms with van der Waals surface area (Å²) in [5.74, 6) is 0.177. The van der Waals surface area contributed by atoms with Crippen molar-refractivity contribution in [2.45, 2.75) is 38.5 Å². The second kappa shape index (κ2) is 4.58. The van der Waals surface area contributed by atoms with Crippen molar-refractivity contribution in [3.8, 4) is 0 Å². The number of hydrogen-bond donors (Lipinski definition) is 1. The van der Waals surface area contributed by atoms with Gasteiger partial charge in [-0.15, -0.1) is 0 Å². The first-order chi connectivity index (χ1) is 9.84. The maximum Gasteiger partial charge on any atom is 0.182 e. The predicted octanol–water partition coefficient (Wildman–Crippen LogP) is 3.50. The van der Waals surface area contributed by atoms with Gasteiger partial charge in [-0.25, -0.2) is 0 Å². The number of pyridine rings is 1. The minimum atomic E-state index is 0.177. The Hall–Kier alpha value is -1.90. The van der Waals surface area contributed by atoms with Crippen LogP contribution < -0.4 is 5.32 Å². The molecule has 2 aliphatic rings. The van der Waals surface area contributed by atoms with Gasteiger partial charge < -0.3 is 5.32 Å². The summed E-state index contributed by atoms with van der Waals surface area (Å²) in [7, 11) is 0. The van der Waals surface area contributed by atoms with Crippen molar-refractivity contribution in [3.05, 3.63) is 35.0 Å². The van der Waals surface area contributed by atoms with E-state index in [4.69, 9.17) is 4.98 Å². The number of anilines is 1. The van der Waals surface area contributed by atoms with E-state index < -0.39 is 0 Å². The zero-order valence-corrected chi connectivity index (χ0v) is 11.5. The molecule has 0 saturated heterocycles. The van der Waals surface area contributed by atoms with Crippen molar-refractivity contribution < 1.29 is 4.79 Å². The van der Waals surface area contributed by atoms with Gasteiger partial charge >= 0.3 is 0 Å². The molecule has 1 N–H and O–H groups in total. The number of Topliss-reactive ketones (excluding diaryl/α,β-unsaturated/α-hetero) is 1. The van der Waals surface area contributed by atoms with Crippen LogP contribution >= 0.6 is 0 Å². The van der Waals surface area contributed by atoms with Crippen LogP contribution in [0.4, 0.5) is 5.69 Å². The number of nitrogens with one attached hydrogen (secondary N) is 1. The molecule has 0 atom stereocenters. The molecule has 4 rings (SSSR count). The summed E-state index contributed by atoms with van der Waals surface area (Å²) < 4.78 is 0. The number of aryl methyl sites for hydroxylation is 1. The number of ketones is 1. The first-order valence-corrected chi connectivity index (χ1v) is 7.56. The largest absolute Gasteiger partial charge is 0.377 e. The van der Waals surface area contributed by atoms with Gasteiger partial charge in [0.2, 0.25) is 0 Å². The van der Waals surface area contributed by atoms with Crippen LogP contribution in [0.3, 0.4) is 0 Å². The molecule has 0 fully saturated rings. The Bertz CT molecular complexity index is 706. The third-order valence-corrected chi connectivity index (χ3v) is 4.51. The summed E-state index contributed by atoms with van der Waals surface area (Å²) in [5, 5.41) is 4.41. The Morgan fingerprint density at radius 2 is 1.90 bits per heavy atom. The number of aromatic nitrogens is 1. The van der Waals surface area contributed by atoms with E-state index in [0.29, 0.717) is 6.54 Å². The predicted molar refractivity (Wildman–Crippen MR) is 80.4 cm³/mol. The SMILES string of the molecule is O=C1CNc2c3c(nc4cccc1c24)CCCCCC3. The van der Waals surface area contributed by atoms with Gasteiger partial charge in [0.1, 0.15) is 0 Å². The summed E-state index contributed by atoms with van der Waals surface area (Å²) in [6.07, 6.45) is 7.22. The molecule has 1 aromatic heterocycles. The summed E-state index contributed by atoms with van der Waals surface area (Å²) in [6.45, 7) is 0.419. The lowest BCUT2D eigenvalue weighted by Gasteiger charge is -2.24. The van der Waals surface area contributed by atoms with Crippen molar-refractivity contribution in [1.82, 2.24) is 4.98 Å². The Labute approximate surface area is 118 Å². The fourth-order valence-electron chi connectivity index (χ4n) is 3.52. The first-order valence-electron chi connectivity index (χ1n) is 7.56. The van der Waals surface area contributed by atoms with Crippen LogP contribution in [0, 0.1) is 0 Å². The molecule has 2 heterocycles. The Morgan fingerprint density at radius 3 is 2.80 bits per heavy atom. The van der Waals surface area contributed by atoms with E-state index in [1.807, 2.05) is 18.2 Å². The highest BCUT2D eigenvalue weighted by Gasteiger charge is 2.24. The molecular weight excluding hydrogens is 248 g/mol. The highest BCUT2D eigenvalue weighted by atomic mass is 16.1. The molecule has 3 nitrogen and oxygen atoms in total. The fraction of sp³-hybridized carbons (Fsp3) is 0.412. The zero-order valence-electron chi connectivity index (χ0n) is 11.5. The van der Waals surface area contributed by atoms with Crippen molar-refractivity contribution in [3.63, 3.8) is 0 Å². The van der Waals surface area contributed by atoms with Gasteiger partial charge in [0.25, 0.3) is 0 Å². The smallest absolute Gasteiger partial charge is 0.182 e. The lowest BCUT2D eigenvalue weighted by atomic mass is 9.90. The van der Waals surface area contributed by atoms with E-state index in [1.165, 1.54) is 42.6 Å². The van der Waals surface area contributed by atoms with Crippen LogP contribution in [-0.4, -0.2) is 17.3 Å². The van der Waals surface area contributed by atoms with E-state index in [9.17, 15) is 4.79 Å². The number of carbonyl (C=O) groups excluding carboxylic acids is 1. The Kier molecular flexibility index (Phi) is 2.72. The van der Waals surface area contributed by atoms with Crippen molar-refractivity contribution in [1.29, 1.82) is 0 Å². The summed E-state index contributed by atoms with van der Waals surface area (Å²) in [5.41, 5.74) is 5.59. The standard InChI is InChI=1S/C17H18N2O/c20-15-10-18-17-11-6-3-1-2-4-8-13(11)19-14-9-5-7-12(15)16(14)17/h5,7,9,18H,1-4,6,8,10H2. The first kappa shape index (κ1) is 11.9. The molecule has 0 saturated carbocycles. The van der Waals surface area contributed by atoms with Gasteiger partial charge in [-0.1, -0.05) is 25.0 Å². The number of benzene rings is 1. The van der Waals surface area contributed by atoms with Crippen molar-refractivity contribution in [2.75, 3.05) is 11.9 Å². The average Bonchev–Trinajstić information content (AvgIpc) is 2.44. The molecule has 20 heavy (non-hydrogen) atoms. The van der Waals surface area contributed by atoms with Crippen LogP contribution in [-0.2, 0) is 12.8 Å². The Morgan fingerprint density at radius 1 is 1.05 bits per heavy atom. The second-order valence-electron chi connectivity index (χ2n) is 5.80. The molecule has 0 bridgehead atoms. The number of nitrogens with zero attached hydrogens (tertiary/aromatic N) is 1. The quantitative estimate of drug-likeness (QED) is 0.793. The minimum absolute atomic E-state index is 0.177. The van der Waals surface area contributed by atoms with Gasteiger partial charge in [0, 0.05) is 22.3 Å². The fourth-order valence-corrected chi connectivity index (χ4v) is 3.52. The van der Waals surface area contributed by atoms with Gasteiger partial charge in [-0.2, -0.15) is 0 Å². The van der Waals surface area contributed by atoms with E-state index in [0.717, 1.165) is 29.3 Å². The van der Waals surface area contributed by atoms with Crippen molar-refractivity contribution >= 4 is 22.4 Å². The Balaban J connectivity index is 2.03. The number of rotatable bonds is 0. The molecular formula is C17H18N2O. The topological polar surface area (TPSA) is 42.0 Å². The van der Waals surface area contributed by atoms with Gasteiger partial charge in [0.05, 0.1) is 12.1 Å². The molecule has 0 amide bonds. The average molecular weight is 266 g/mol. The van der Waals surface area contributed by atoms with E-state index in [2.05, 4.69) is 5.32 Å². The molecule has 1 aliphatic carbocycles. The lowest BCUT2D eigenvalue weighted by Crippen LogP contribution is -2.22. The van der Waals surface area contributed by atoms with Gasteiger partial charge in [-0.3, -0.25) is 9.78 Å². The summed E-state index contributed by atoms with van der Waals surface area (Å²) >= 11 is 0. The second-order valence-corrected chi connectivity index (χ2v) is 5.80. The molecule has 1 aliphatic heterocycles. The van der Waals surface area contributed by atoms with Crippen LogP contribution in [0.25, 0.3) is 10.9 Å². The third kappa shape index (κ3) is 1.73. The maximum absolute atomic E-state index is 12.1. The number of carbonyl (C=O) groups is 1. The summed E-state index contributed by atoms with van der Waals surface area (Å²) in [4.78, 5) is 16.9. The van der Waals surface area contributed by atoms with Gasteiger partial charge in [-0.05, 0) is 37.3 Å². The molecule has 0 unspecified atom stereocenters. The zero-order chi connectivity index (χ0) is 13.5. The van der Waals surface area contributed by atoms with E-state index >= 15 is 0 Å². The lowest BCUT2D eigenvalue weighted by molar-refractivity contribution is 0.101. The molecule has 3 heteroatoms. The van der Waals surface area contributed by atoms with Gasteiger partial charge in [0.15, 0.2) is 5.78 Å². The molecule has 0 spiro atoms. The molecule has 102 valence electrons. The van der Waals surface area contributed by atoms with Crippen molar-refractivity contribution in [2.24, 2.45) is 0 Å². The highest BCUT2D eigenvalue weighted by Crippen LogP contribution is 2.36. The number of fused-ring (bicyclic) bond motifs is 2. The summed E-state index contributed by atoms with van der Waals surface area (Å²) in [6, 6.07) is 5.92. The highest BCUT2D eigenvalue weighted by molar-refractivity contribution is 6.16. The molecule has 0 radical (unpaired) electrons. The monoisotopic (exact) mass is 266 g/mol. The molecule has 2 aromatic rings. The normalized spacial score (nSPS) is 18.1. The van der Waals surface area contributed by atoms with Crippen LogP contribution in [0.2, 0.25) is 0 Å².